The molecule has 1 heterocycles. The van der Waals surface area contributed by atoms with Crippen LogP contribution < -0.4 is 5.56 Å². The number of benzene rings is 1. The SMILES string of the molecule is C[C@H](Sc1nc2ccccc2c(=O)n1C1CC1)C(=O)N(C)C1(C#N)CCCCC1. The molecule has 1 amide bonds. The van der Waals surface area contributed by atoms with Crippen molar-refractivity contribution in [1.82, 2.24) is 14.5 Å². The number of fused-ring (bicyclic) bond motifs is 1. The van der Waals surface area contributed by atoms with Crippen LogP contribution in [0.3, 0.4) is 0 Å². The van der Waals surface area contributed by atoms with Crippen molar-refractivity contribution in [3.63, 3.8) is 0 Å². The number of rotatable bonds is 5. The van der Waals surface area contributed by atoms with E-state index in [2.05, 4.69) is 6.07 Å². The molecule has 0 bridgehead atoms. The van der Waals surface area contributed by atoms with E-state index in [-0.39, 0.29) is 17.5 Å². The third-order valence-corrected chi connectivity index (χ3v) is 7.23. The summed E-state index contributed by atoms with van der Waals surface area (Å²) >= 11 is 1.33. The van der Waals surface area contributed by atoms with Crippen molar-refractivity contribution in [2.45, 2.75) is 73.9 Å². The highest BCUT2D eigenvalue weighted by Crippen LogP contribution is 2.38. The van der Waals surface area contributed by atoms with E-state index >= 15 is 0 Å². The van der Waals surface area contributed by atoms with Gasteiger partial charge in [-0.2, -0.15) is 5.26 Å². The highest BCUT2D eigenvalue weighted by Gasteiger charge is 2.40. The number of amides is 1. The largest absolute Gasteiger partial charge is 0.326 e. The zero-order chi connectivity index (χ0) is 20.6. The number of nitriles is 1. The van der Waals surface area contributed by atoms with Gasteiger partial charge in [0.2, 0.25) is 5.91 Å². The molecule has 0 unspecified atom stereocenters. The number of hydrogen-bond acceptors (Lipinski definition) is 5. The summed E-state index contributed by atoms with van der Waals surface area (Å²) in [4.78, 5) is 32.6. The molecule has 1 atom stereocenters. The zero-order valence-electron chi connectivity index (χ0n) is 16.9. The first-order chi connectivity index (χ1) is 14.0. The predicted molar refractivity (Wildman–Crippen MR) is 114 cm³/mol. The Labute approximate surface area is 174 Å². The van der Waals surface area contributed by atoms with Crippen molar-refractivity contribution in [3.05, 3.63) is 34.6 Å². The van der Waals surface area contributed by atoms with Gasteiger partial charge in [0.25, 0.3) is 5.56 Å². The predicted octanol–water partition coefficient (Wildman–Crippen LogP) is 3.90. The molecular formula is C22H26N4O2S. The van der Waals surface area contributed by atoms with Gasteiger partial charge in [0.15, 0.2) is 5.16 Å². The Kier molecular flexibility index (Phi) is 5.39. The number of nitrogens with zero attached hydrogens (tertiary/aromatic N) is 4. The molecule has 2 aliphatic rings. The summed E-state index contributed by atoms with van der Waals surface area (Å²) in [7, 11) is 1.75. The van der Waals surface area contributed by atoms with Crippen LogP contribution in [0.5, 0.6) is 0 Å². The smallest absolute Gasteiger partial charge is 0.262 e. The maximum atomic E-state index is 13.2. The molecule has 1 aromatic heterocycles. The van der Waals surface area contributed by atoms with Crippen LogP contribution in [-0.2, 0) is 4.79 Å². The van der Waals surface area contributed by atoms with Crippen LogP contribution in [0.1, 0.15) is 57.9 Å². The topological polar surface area (TPSA) is 79.0 Å². The molecule has 0 spiro atoms. The van der Waals surface area contributed by atoms with Gasteiger partial charge in [0.05, 0.1) is 22.2 Å². The lowest BCUT2D eigenvalue weighted by molar-refractivity contribution is -0.133. The first kappa shape index (κ1) is 20.0. The van der Waals surface area contributed by atoms with Gasteiger partial charge >= 0.3 is 0 Å². The molecule has 152 valence electrons. The summed E-state index contributed by atoms with van der Waals surface area (Å²) in [5, 5.41) is 10.6. The van der Waals surface area contributed by atoms with Crippen LogP contribution in [0.15, 0.2) is 34.2 Å². The molecule has 29 heavy (non-hydrogen) atoms. The van der Waals surface area contributed by atoms with Gasteiger partial charge in [-0.05, 0) is 44.7 Å². The molecule has 2 saturated carbocycles. The van der Waals surface area contributed by atoms with Crippen molar-refractivity contribution in [1.29, 1.82) is 5.26 Å². The van der Waals surface area contributed by atoms with E-state index < -0.39 is 10.8 Å². The second-order valence-electron chi connectivity index (χ2n) is 8.18. The van der Waals surface area contributed by atoms with E-state index in [1.807, 2.05) is 25.1 Å². The van der Waals surface area contributed by atoms with E-state index in [0.29, 0.717) is 16.1 Å². The lowest BCUT2D eigenvalue weighted by Gasteiger charge is -2.40. The number of carbonyl (C=O) groups is 1. The van der Waals surface area contributed by atoms with Crippen molar-refractivity contribution in [2.24, 2.45) is 0 Å². The number of thioether (sulfide) groups is 1. The Balaban J connectivity index is 1.63. The fourth-order valence-electron chi connectivity index (χ4n) is 4.21. The molecule has 2 fully saturated rings. The first-order valence-corrected chi connectivity index (χ1v) is 11.2. The molecule has 6 nitrogen and oxygen atoms in total. The van der Waals surface area contributed by atoms with Crippen LogP contribution in [0, 0.1) is 11.3 Å². The fourth-order valence-corrected chi connectivity index (χ4v) is 5.29. The van der Waals surface area contributed by atoms with E-state index in [1.54, 1.807) is 22.6 Å². The molecule has 7 heteroatoms. The third kappa shape index (κ3) is 3.66. The molecule has 0 radical (unpaired) electrons. The van der Waals surface area contributed by atoms with Gasteiger partial charge in [0.1, 0.15) is 5.54 Å². The number of hydrogen-bond donors (Lipinski definition) is 0. The van der Waals surface area contributed by atoms with E-state index in [1.165, 1.54) is 11.8 Å². The Morgan fingerprint density at radius 1 is 1.31 bits per heavy atom. The number of aromatic nitrogens is 2. The lowest BCUT2D eigenvalue weighted by Crippen LogP contribution is -2.52. The summed E-state index contributed by atoms with van der Waals surface area (Å²) in [5.74, 6) is -0.0804. The molecule has 0 aliphatic heterocycles. The average Bonchev–Trinajstić information content (AvgIpc) is 3.58. The first-order valence-electron chi connectivity index (χ1n) is 10.3. The molecule has 4 rings (SSSR count). The third-order valence-electron chi connectivity index (χ3n) is 6.18. The monoisotopic (exact) mass is 410 g/mol. The number of carbonyl (C=O) groups excluding carboxylic acids is 1. The van der Waals surface area contributed by atoms with Crippen molar-refractivity contribution in [3.8, 4) is 6.07 Å². The van der Waals surface area contributed by atoms with Gasteiger partial charge in [-0.15, -0.1) is 0 Å². The standard InChI is InChI=1S/C22H26N4O2S/c1-15(19(27)25(2)22(14-23)12-6-3-7-13-22)29-21-24-18-9-5-4-8-17(18)20(28)26(21)16-10-11-16/h4-5,8-9,15-16H,3,6-7,10-13H2,1-2H3/t15-/m0/s1. The summed E-state index contributed by atoms with van der Waals surface area (Å²) in [6, 6.07) is 9.95. The molecule has 2 aromatic rings. The highest BCUT2D eigenvalue weighted by atomic mass is 32.2. The fraction of sp³-hybridized carbons (Fsp3) is 0.545. The minimum absolute atomic E-state index is 0.0330. The van der Waals surface area contributed by atoms with Crippen LogP contribution in [0.4, 0.5) is 0 Å². The van der Waals surface area contributed by atoms with Crippen LogP contribution in [-0.4, -0.2) is 38.2 Å². The average molecular weight is 411 g/mol. The van der Waals surface area contributed by atoms with Gasteiger partial charge in [0, 0.05) is 13.1 Å². The summed E-state index contributed by atoms with van der Waals surface area (Å²) in [5.41, 5.74) is -0.0861. The van der Waals surface area contributed by atoms with E-state index in [0.717, 1.165) is 44.9 Å². The van der Waals surface area contributed by atoms with Crippen LogP contribution >= 0.6 is 11.8 Å². The van der Waals surface area contributed by atoms with Crippen molar-refractivity contribution in [2.75, 3.05) is 7.05 Å². The maximum absolute atomic E-state index is 13.2. The van der Waals surface area contributed by atoms with Gasteiger partial charge in [-0.1, -0.05) is 43.2 Å². The second-order valence-corrected chi connectivity index (χ2v) is 9.49. The zero-order valence-corrected chi connectivity index (χ0v) is 17.7. The molecule has 2 aliphatic carbocycles. The van der Waals surface area contributed by atoms with Crippen molar-refractivity contribution >= 4 is 28.6 Å². The van der Waals surface area contributed by atoms with E-state index in [4.69, 9.17) is 4.98 Å². The lowest BCUT2D eigenvalue weighted by atomic mass is 9.81. The quantitative estimate of drug-likeness (QED) is 0.552. The Bertz CT molecular complexity index is 1030. The van der Waals surface area contributed by atoms with Crippen LogP contribution in [0.2, 0.25) is 0 Å². The van der Waals surface area contributed by atoms with E-state index in [9.17, 15) is 14.9 Å². The van der Waals surface area contributed by atoms with Crippen LogP contribution in [0.25, 0.3) is 10.9 Å². The normalized spacial score (nSPS) is 19.5. The Morgan fingerprint density at radius 3 is 2.66 bits per heavy atom. The Morgan fingerprint density at radius 2 is 2.00 bits per heavy atom. The minimum atomic E-state index is -0.711. The second kappa shape index (κ2) is 7.83. The summed E-state index contributed by atoms with van der Waals surface area (Å²) < 4.78 is 1.76. The summed E-state index contributed by atoms with van der Waals surface area (Å²) in [6.07, 6.45) is 6.44. The van der Waals surface area contributed by atoms with Gasteiger partial charge in [-0.25, -0.2) is 4.98 Å². The summed E-state index contributed by atoms with van der Waals surface area (Å²) in [6.45, 7) is 1.84. The Hall–Kier alpha value is -2.33. The molecule has 0 N–H and O–H groups in total. The molecule has 0 saturated heterocycles. The van der Waals surface area contributed by atoms with Crippen molar-refractivity contribution < 1.29 is 4.79 Å². The maximum Gasteiger partial charge on any atom is 0.262 e. The van der Waals surface area contributed by atoms with Gasteiger partial charge < -0.3 is 4.90 Å². The highest BCUT2D eigenvalue weighted by molar-refractivity contribution is 8.00. The molecular weight excluding hydrogens is 384 g/mol. The molecule has 1 aromatic carbocycles. The number of para-hydroxylation sites is 1. The minimum Gasteiger partial charge on any atom is -0.326 e. The van der Waals surface area contributed by atoms with Gasteiger partial charge in [-0.3, -0.25) is 14.2 Å².